The van der Waals surface area contributed by atoms with E-state index in [1.165, 1.54) is 6.07 Å². The molecule has 0 aliphatic carbocycles. The van der Waals surface area contributed by atoms with Gasteiger partial charge in [0.15, 0.2) is 17.2 Å². The number of carbonyl (C=O) groups excluding carboxylic acids is 1. The van der Waals surface area contributed by atoms with Crippen molar-refractivity contribution >= 4 is 16.9 Å². The van der Waals surface area contributed by atoms with Crippen molar-refractivity contribution in [2.24, 2.45) is 0 Å². The highest BCUT2D eigenvalue weighted by atomic mass is 19.1. The maximum absolute atomic E-state index is 13.6. The summed E-state index contributed by atoms with van der Waals surface area (Å²) < 4.78 is 24.0. The van der Waals surface area contributed by atoms with Crippen LogP contribution in [0.2, 0.25) is 0 Å². The number of ether oxygens (including phenoxy) is 1. The fourth-order valence-corrected chi connectivity index (χ4v) is 2.05. The minimum absolute atomic E-state index is 0.0178. The van der Waals surface area contributed by atoms with Crippen LogP contribution in [0.1, 0.15) is 22.5 Å². The average Bonchev–Trinajstić information content (AvgIpc) is 2.82. The summed E-state index contributed by atoms with van der Waals surface area (Å²) in [6, 6.07) is 4.60. The molecule has 2 rings (SSSR count). The number of rotatable bonds is 7. The number of fused-ring (bicyclic) bond motifs is 1. The molecule has 5 nitrogen and oxygen atoms in total. The van der Waals surface area contributed by atoms with Crippen LogP contribution in [0.25, 0.3) is 11.0 Å². The number of furan rings is 1. The highest BCUT2D eigenvalue weighted by Crippen LogP contribution is 2.27. The molecule has 0 spiro atoms. The first-order valence-electron chi connectivity index (χ1n) is 6.79. The van der Waals surface area contributed by atoms with Gasteiger partial charge in [0.2, 0.25) is 0 Å². The van der Waals surface area contributed by atoms with Crippen molar-refractivity contribution in [2.75, 3.05) is 26.4 Å². The zero-order valence-electron chi connectivity index (χ0n) is 11.8. The lowest BCUT2D eigenvalue weighted by Crippen LogP contribution is -2.25. The van der Waals surface area contributed by atoms with Gasteiger partial charge in [0.25, 0.3) is 5.91 Å². The third-order valence-electron chi connectivity index (χ3n) is 3.11. The second-order valence-electron chi connectivity index (χ2n) is 4.62. The molecular formula is C15H18FNO4. The normalized spacial score (nSPS) is 11.0. The summed E-state index contributed by atoms with van der Waals surface area (Å²) in [6.07, 6.45) is 0.624. The number of aliphatic hydroxyl groups excluding tert-OH is 1. The number of aryl methyl sites for hydroxylation is 1. The lowest BCUT2D eigenvalue weighted by atomic mass is 10.1. The first-order chi connectivity index (χ1) is 10.1. The van der Waals surface area contributed by atoms with Crippen LogP contribution in [0.3, 0.4) is 0 Å². The number of para-hydroxylation sites is 1. The number of amides is 1. The Kier molecular flexibility index (Phi) is 5.30. The van der Waals surface area contributed by atoms with Crippen molar-refractivity contribution in [1.29, 1.82) is 0 Å². The standard InChI is InChI=1S/C15H18FNO4/c1-10-11-4-2-5-12(16)14(11)21-13(10)15(19)17-6-3-8-20-9-7-18/h2,4-5,18H,3,6-9H2,1H3,(H,17,19). The minimum atomic E-state index is -0.480. The molecule has 0 saturated heterocycles. The molecule has 21 heavy (non-hydrogen) atoms. The molecule has 0 saturated carbocycles. The van der Waals surface area contributed by atoms with E-state index in [0.29, 0.717) is 30.5 Å². The van der Waals surface area contributed by atoms with Crippen LogP contribution < -0.4 is 5.32 Å². The Bertz CT molecular complexity index is 623. The van der Waals surface area contributed by atoms with E-state index >= 15 is 0 Å². The molecule has 2 N–H and O–H groups in total. The van der Waals surface area contributed by atoms with Gasteiger partial charge in [-0.05, 0) is 19.4 Å². The van der Waals surface area contributed by atoms with Crippen molar-refractivity contribution in [2.45, 2.75) is 13.3 Å². The van der Waals surface area contributed by atoms with E-state index < -0.39 is 5.82 Å². The molecule has 0 fully saturated rings. The zero-order chi connectivity index (χ0) is 15.2. The van der Waals surface area contributed by atoms with E-state index in [9.17, 15) is 9.18 Å². The molecule has 0 aliphatic rings. The number of nitrogens with one attached hydrogen (secondary N) is 1. The van der Waals surface area contributed by atoms with Gasteiger partial charge in [0, 0.05) is 24.1 Å². The summed E-state index contributed by atoms with van der Waals surface area (Å²) in [6.45, 7) is 2.87. The molecule has 1 aromatic heterocycles. The Morgan fingerprint density at radius 3 is 2.95 bits per heavy atom. The largest absolute Gasteiger partial charge is 0.448 e. The average molecular weight is 295 g/mol. The highest BCUT2D eigenvalue weighted by molar-refractivity contribution is 5.98. The third kappa shape index (κ3) is 3.59. The molecule has 114 valence electrons. The molecule has 0 bridgehead atoms. The second-order valence-corrected chi connectivity index (χ2v) is 4.62. The Balaban J connectivity index is 1.97. The van der Waals surface area contributed by atoms with E-state index in [1.807, 2.05) is 0 Å². The lowest BCUT2D eigenvalue weighted by molar-refractivity contribution is 0.0856. The van der Waals surface area contributed by atoms with Crippen molar-refractivity contribution in [3.8, 4) is 0 Å². The summed E-state index contributed by atoms with van der Waals surface area (Å²) in [4.78, 5) is 12.0. The van der Waals surface area contributed by atoms with Crippen LogP contribution in [-0.4, -0.2) is 37.4 Å². The molecule has 6 heteroatoms. The van der Waals surface area contributed by atoms with Gasteiger partial charge in [-0.1, -0.05) is 12.1 Å². The van der Waals surface area contributed by atoms with Crippen LogP contribution in [-0.2, 0) is 4.74 Å². The second kappa shape index (κ2) is 7.19. The smallest absolute Gasteiger partial charge is 0.287 e. The third-order valence-corrected chi connectivity index (χ3v) is 3.11. The van der Waals surface area contributed by atoms with E-state index in [0.717, 1.165) is 0 Å². The maximum Gasteiger partial charge on any atom is 0.287 e. The van der Waals surface area contributed by atoms with Gasteiger partial charge in [-0.25, -0.2) is 4.39 Å². The van der Waals surface area contributed by atoms with E-state index in [-0.39, 0.29) is 30.5 Å². The summed E-state index contributed by atoms with van der Waals surface area (Å²) in [5, 5.41) is 11.8. The predicted molar refractivity (Wildman–Crippen MR) is 75.8 cm³/mol. The van der Waals surface area contributed by atoms with Gasteiger partial charge in [0.1, 0.15) is 0 Å². The number of carbonyl (C=O) groups is 1. The lowest BCUT2D eigenvalue weighted by Gasteiger charge is -2.04. The topological polar surface area (TPSA) is 71.7 Å². The summed E-state index contributed by atoms with van der Waals surface area (Å²) in [7, 11) is 0. The van der Waals surface area contributed by atoms with Crippen LogP contribution in [0.15, 0.2) is 22.6 Å². The van der Waals surface area contributed by atoms with Gasteiger partial charge in [-0.3, -0.25) is 4.79 Å². The van der Waals surface area contributed by atoms with Crippen LogP contribution in [0.4, 0.5) is 4.39 Å². The van der Waals surface area contributed by atoms with Gasteiger partial charge in [-0.15, -0.1) is 0 Å². The fraction of sp³-hybridized carbons (Fsp3) is 0.400. The first-order valence-corrected chi connectivity index (χ1v) is 6.79. The first kappa shape index (κ1) is 15.5. The maximum atomic E-state index is 13.6. The number of aliphatic hydroxyl groups is 1. The number of benzene rings is 1. The van der Waals surface area contributed by atoms with E-state index in [2.05, 4.69) is 5.32 Å². The molecule has 1 amide bonds. The van der Waals surface area contributed by atoms with Gasteiger partial charge in [0.05, 0.1) is 13.2 Å². The van der Waals surface area contributed by atoms with E-state index in [1.54, 1.807) is 19.1 Å². The Hall–Kier alpha value is -1.92. The van der Waals surface area contributed by atoms with Crippen molar-refractivity contribution in [3.05, 3.63) is 35.3 Å². The van der Waals surface area contributed by atoms with Crippen LogP contribution in [0.5, 0.6) is 0 Å². The molecular weight excluding hydrogens is 277 g/mol. The number of halogens is 1. The van der Waals surface area contributed by atoms with Crippen LogP contribution in [0, 0.1) is 12.7 Å². The molecule has 2 aromatic rings. The monoisotopic (exact) mass is 295 g/mol. The molecule has 0 aliphatic heterocycles. The summed E-state index contributed by atoms with van der Waals surface area (Å²) in [5.41, 5.74) is 0.727. The fourth-order valence-electron chi connectivity index (χ4n) is 2.05. The van der Waals surface area contributed by atoms with Crippen molar-refractivity contribution in [1.82, 2.24) is 5.32 Å². The highest BCUT2D eigenvalue weighted by Gasteiger charge is 2.18. The van der Waals surface area contributed by atoms with Crippen molar-refractivity contribution in [3.63, 3.8) is 0 Å². The molecule has 0 atom stereocenters. The molecule has 1 heterocycles. The zero-order valence-corrected chi connectivity index (χ0v) is 11.8. The van der Waals surface area contributed by atoms with E-state index in [4.69, 9.17) is 14.3 Å². The Morgan fingerprint density at radius 1 is 1.43 bits per heavy atom. The van der Waals surface area contributed by atoms with Crippen molar-refractivity contribution < 1.29 is 23.4 Å². The summed E-state index contributed by atoms with van der Waals surface area (Å²) >= 11 is 0. The number of hydrogen-bond acceptors (Lipinski definition) is 4. The molecule has 0 unspecified atom stereocenters. The molecule has 0 radical (unpaired) electrons. The quantitative estimate of drug-likeness (QED) is 0.766. The molecule has 1 aromatic carbocycles. The summed E-state index contributed by atoms with van der Waals surface area (Å²) in [5.74, 6) is -0.719. The SMILES string of the molecule is Cc1c(C(=O)NCCCOCCO)oc2c(F)cccc12. The predicted octanol–water partition coefficient (Wildman–Crippen LogP) is 2.01. The minimum Gasteiger partial charge on any atom is -0.448 e. The van der Waals surface area contributed by atoms with Crippen LogP contribution >= 0.6 is 0 Å². The Morgan fingerprint density at radius 2 is 2.24 bits per heavy atom. The van der Waals surface area contributed by atoms with Gasteiger partial charge < -0.3 is 19.6 Å². The van der Waals surface area contributed by atoms with Gasteiger partial charge in [-0.2, -0.15) is 0 Å². The number of hydrogen-bond donors (Lipinski definition) is 2. The Labute approximate surface area is 121 Å². The van der Waals surface area contributed by atoms with Gasteiger partial charge >= 0.3 is 0 Å².